The van der Waals surface area contributed by atoms with Gasteiger partial charge in [0.1, 0.15) is 5.75 Å². The fraction of sp³-hybridized carbons (Fsp3) is 0.158. The molecule has 0 radical (unpaired) electrons. The molecule has 25 heavy (non-hydrogen) atoms. The number of hydrogen-bond acceptors (Lipinski definition) is 4. The Balaban J connectivity index is 1.87. The van der Waals surface area contributed by atoms with Crippen LogP contribution < -0.4 is 10.1 Å². The SMILES string of the molecule is COc1ccc(Cl)cc1NC(=O)COC(=O)/C=C/c1cccc(C)c1. The van der Waals surface area contributed by atoms with Crippen molar-refractivity contribution in [3.05, 3.63) is 64.7 Å². The molecule has 0 bridgehead atoms. The Kier molecular flexibility index (Phi) is 6.60. The van der Waals surface area contributed by atoms with Crippen LogP contribution in [-0.2, 0) is 14.3 Å². The van der Waals surface area contributed by atoms with Crippen LogP contribution in [0.25, 0.3) is 6.08 Å². The zero-order chi connectivity index (χ0) is 18.2. The quantitative estimate of drug-likeness (QED) is 0.628. The Bertz CT molecular complexity index is 802. The van der Waals surface area contributed by atoms with Gasteiger partial charge >= 0.3 is 5.97 Å². The maximum Gasteiger partial charge on any atom is 0.331 e. The molecule has 1 amide bonds. The predicted molar refractivity (Wildman–Crippen MR) is 97.8 cm³/mol. The second-order valence-electron chi connectivity index (χ2n) is 5.25. The lowest BCUT2D eigenvalue weighted by atomic mass is 10.1. The van der Waals surface area contributed by atoms with Gasteiger partial charge in [0.05, 0.1) is 12.8 Å². The average Bonchev–Trinajstić information content (AvgIpc) is 2.58. The number of methoxy groups -OCH3 is 1. The van der Waals surface area contributed by atoms with Crippen molar-refractivity contribution in [3.63, 3.8) is 0 Å². The van der Waals surface area contributed by atoms with Gasteiger partial charge in [-0.25, -0.2) is 4.79 Å². The molecule has 0 unspecified atom stereocenters. The third-order valence-electron chi connectivity index (χ3n) is 3.24. The maximum atomic E-state index is 11.9. The number of halogens is 1. The van der Waals surface area contributed by atoms with Crippen molar-refractivity contribution < 1.29 is 19.1 Å². The first-order valence-corrected chi connectivity index (χ1v) is 7.90. The third-order valence-corrected chi connectivity index (χ3v) is 3.47. The van der Waals surface area contributed by atoms with E-state index in [1.54, 1.807) is 24.3 Å². The molecule has 2 aromatic rings. The summed E-state index contributed by atoms with van der Waals surface area (Å²) in [5.41, 5.74) is 2.38. The van der Waals surface area contributed by atoms with E-state index in [-0.39, 0.29) is 0 Å². The highest BCUT2D eigenvalue weighted by Crippen LogP contribution is 2.27. The number of nitrogens with one attached hydrogen (secondary N) is 1. The van der Waals surface area contributed by atoms with E-state index in [1.807, 2.05) is 31.2 Å². The van der Waals surface area contributed by atoms with Gasteiger partial charge in [-0.05, 0) is 36.8 Å². The number of benzene rings is 2. The van der Waals surface area contributed by atoms with Crippen LogP contribution in [0.15, 0.2) is 48.5 Å². The number of ether oxygens (including phenoxy) is 2. The molecule has 0 spiro atoms. The lowest BCUT2D eigenvalue weighted by Crippen LogP contribution is -2.20. The summed E-state index contributed by atoms with van der Waals surface area (Å²) < 4.78 is 10.1. The van der Waals surface area contributed by atoms with E-state index in [0.717, 1.165) is 11.1 Å². The summed E-state index contributed by atoms with van der Waals surface area (Å²) in [6.45, 7) is 1.55. The lowest BCUT2D eigenvalue weighted by molar-refractivity contribution is -0.142. The Morgan fingerprint density at radius 2 is 2.00 bits per heavy atom. The maximum absolute atomic E-state index is 11.9. The highest BCUT2D eigenvalue weighted by atomic mass is 35.5. The molecule has 0 aliphatic rings. The number of rotatable bonds is 6. The summed E-state index contributed by atoms with van der Waals surface area (Å²) in [5, 5.41) is 3.04. The van der Waals surface area contributed by atoms with Crippen LogP contribution in [0.1, 0.15) is 11.1 Å². The third kappa shape index (κ3) is 5.97. The second-order valence-corrected chi connectivity index (χ2v) is 5.68. The van der Waals surface area contributed by atoms with Gasteiger partial charge in [-0.3, -0.25) is 4.79 Å². The van der Waals surface area contributed by atoms with E-state index in [1.165, 1.54) is 13.2 Å². The van der Waals surface area contributed by atoms with E-state index in [2.05, 4.69) is 5.32 Å². The molecule has 0 aromatic heterocycles. The summed E-state index contributed by atoms with van der Waals surface area (Å²) in [7, 11) is 1.48. The van der Waals surface area contributed by atoms with Gasteiger partial charge in [-0.15, -0.1) is 0 Å². The minimum atomic E-state index is -0.602. The minimum Gasteiger partial charge on any atom is -0.495 e. The Labute approximate surface area is 151 Å². The van der Waals surface area contributed by atoms with E-state index in [4.69, 9.17) is 21.1 Å². The highest BCUT2D eigenvalue weighted by Gasteiger charge is 2.10. The number of carbonyl (C=O) groups excluding carboxylic acids is 2. The average molecular weight is 360 g/mol. The Morgan fingerprint density at radius 3 is 2.72 bits per heavy atom. The van der Waals surface area contributed by atoms with Gasteiger partial charge in [0.2, 0.25) is 0 Å². The fourth-order valence-corrected chi connectivity index (χ4v) is 2.26. The molecule has 0 aliphatic carbocycles. The van der Waals surface area contributed by atoms with E-state index >= 15 is 0 Å². The molecule has 130 valence electrons. The predicted octanol–water partition coefficient (Wildman–Crippen LogP) is 3.85. The van der Waals surface area contributed by atoms with Gasteiger partial charge in [-0.2, -0.15) is 0 Å². The molecule has 2 aromatic carbocycles. The number of esters is 1. The number of amides is 1. The zero-order valence-electron chi connectivity index (χ0n) is 13.9. The molecule has 0 saturated carbocycles. The van der Waals surface area contributed by atoms with Crippen LogP contribution in [0.3, 0.4) is 0 Å². The smallest absolute Gasteiger partial charge is 0.331 e. The normalized spacial score (nSPS) is 10.5. The topological polar surface area (TPSA) is 64.6 Å². The Morgan fingerprint density at radius 1 is 1.20 bits per heavy atom. The van der Waals surface area contributed by atoms with E-state index in [9.17, 15) is 9.59 Å². The first-order chi connectivity index (χ1) is 12.0. The number of carbonyl (C=O) groups is 2. The summed E-state index contributed by atoms with van der Waals surface area (Å²) in [5.74, 6) is -0.629. The van der Waals surface area contributed by atoms with Crippen molar-refractivity contribution in [1.29, 1.82) is 0 Å². The molecular formula is C19H18ClNO4. The van der Waals surface area contributed by atoms with E-state index in [0.29, 0.717) is 16.5 Å². The van der Waals surface area contributed by atoms with E-state index < -0.39 is 18.5 Å². The molecule has 1 N–H and O–H groups in total. The van der Waals surface area contributed by atoms with Gasteiger partial charge in [0.15, 0.2) is 6.61 Å². The second kappa shape index (κ2) is 8.89. The first-order valence-electron chi connectivity index (χ1n) is 7.53. The van der Waals surface area contributed by atoms with Crippen molar-refractivity contribution in [2.75, 3.05) is 19.0 Å². The number of hydrogen-bond donors (Lipinski definition) is 1. The van der Waals surface area contributed by atoms with Gasteiger partial charge in [-0.1, -0.05) is 41.4 Å². The largest absolute Gasteiger partial charge is 0.495 e. The Hall–Kier alpha value is -2.79. The van der Waals surface area contributed by atoms with Crippen LogP contribution in [-0.4, -0.2) is 25.6 Å². The van der Waals surface area contributed by atoms with Gasteiger partial charge in [0, 0.05) is 11.1 Å². The van der Waals surface area contributed by atoms with Gasteiger partial charge in [0.25, 0.3) is 5.91 Å². The van der Waals surface area contributed by atoms with Crippen LogP contribution >= 0.6 is 11.6 Å². The van der Waals surface area contributed by atoms with Crippen molar-refractivity contribution >= 4 is 35.2 Å². The molecule has 0 fully saturated rings. The van der Waals surface area contributed by atoms with Crippen LogP contribution in [0.5, 0.6) is 5.75 Å². The molecular weight excluding hydrogens is 342 g/mol. The first kappa shape index (κ1) is 18.5. The monoisotopic (exact) mass is 359 g/mol. The number of aryl methyl sites for hydroxylation is 1. The van der Waals surface area contributed by atoms with Crippen molar-refractivity contribution in [3.8, 4) is 5.75 Å². The molecule has 0 heterocycles. The standard InChI is InChI=1S/C19H18ClNO4/c1-13-4-3-5-14(10-13)6-9-19(23)25-12-18(22)21-16-11-15(20)7-8-17(16)24-2/h3-11H,12H2,1-2H3,(H,21,22)/b9-6+. The zero-order valence-corrected chi connectivity index (χ0v) is 14.7. The van der Waals surface area contributed by atoms with Crippen molar-refractivity contribution in [2.24, 2.45) is 0 Å². The molecule has 0 saturated heterocycles. The molecule has 6 heteroatoms. The molecule has 5 nitrogen and oxygen atoms in total. The van der Waals surface area contributed by atoms with Gasteiger partial charge < -0.3 is 14.8 Å². The highest BCUT2D eigenvalue weighted by molar-refractivity contribution is 6.31. The van der Waals surface area contributed by atoms with Crippen molar-refractivity contribution in [2.45, 2.75) is 6.92 Å². The molecule has 0 aliphatic heterocycles. The summed E-state index contributed by atoms with van der Waals surface area (Å²) in [4.78, 5) is 23.6. The summed E-state index contributed by atoms with van der Waals surface area (Å²) >= 11 is 5.89. The summed E-state index contributed by atoms with van der Waals surface area (Å²) in [6.07, 6.45) is 2.91. The summed E-state index contributed by atoms with van der Waals surface area (Å²) in [6, 6.07) is 12.5. The number of anilines is 1. The lowest BCUT2D eigenvalue weighted by Gasteiger charge is -2.10. The van der Waals surface area contributed by atoms with Crippen LogP contribution in [0, 0.1) is 6.92 Å². The van der Waals surface area contributed by atoms with Crippen LogP contribution in [0.2, 0.25) is 5.02 Å². The molecule has 2 rings (SSSR count). The van der Waals surface area contributed by atoms with Crippen LogP contribution in [0.4, 0.5) is 5.69 Å². The fourth-order valence-electron chi connectivity index (χ4n) is 2.09. The minimum absolute atomic E-state index is 0.409. The van der Waals surface area contributed by atoms with Crippen molar-refractivity contribution in [1.82, 2.24) is 0 Å². The molecule has 0 atom stereocenters.